The van der Waals surface area contributed by atoms with E-state index in [0.29, 0.717) is 44.8 Å². The van der Waals surface area contributed by atoms with Crippen molar-refractivity contribution >= 4 is 35.1 Å². The zero-order valence-corrected chi connectivity index (χ0v) is 42.3. The second kappa shape index (κ2) is 20.7. The number of Topliss-reactive ketones (excluding diaryl/α,β-unsaturated/α-hetero) is 2. The lowest BCUT2D eigenvalue weighted by Gasteiger charge is -2.38. The molecule has 0 aromatic heterocycles. The molecule has 70 heavy (non-hydrogen) atoms. The van der Waals surface area contributed by atoms with Gasteiger partial charge in [0.2, 0.25) is 5.78 Å². The molecular formula is C52H71N5O13. The van der Waals surface area contributed by atoms with Gasteiger partial charge in [0, 0.05) is 100.0 Å². The van der Waals surface area contributed by atoms with Crippen LogP contribution in [0.3, 0.4) is 0 Å². The maximum atomic E-state index is 14.9. The molecule has 7 aliphatic rings. The number of likely N-dealkylation sites (N-methyl/N-ethyl adjacent to an activating group) is 1. The van der Waals surface area contributed by atoms with Gasteiger partial charge in [-0.2, -0.15) is 0 Å². The maximum absolute atomic E-state index is 14.9. The van der Waals surface area contributed by atoms with E-state index in [1.165, 1.54) is 39.4 Å². The van der Waals surface area contributed by atoms with Crippen molar-refractivity contribution in [3.8, 4) is 11.5 Å². The van der Waals surface area contributed by atoms with Gasteiger partial charge >= 0.3 is 17.7 Å². The second-order valence-electron chi connectivity index (χ2n) is 20.7. The standard InChI is InChI=1S/C52H71N5O13/c1-26(2)24-57-20-17-52(18-21-57)54-40-37-38-45(62)32(8)48-39(37)49(64)51(9,70-48)67-22-16-34(66-11)29(5)47(69-36(59)23-35(58)68-33-15-19-56(10)25-33)31(7)44(61)30(6)43(60)27(3)13-12-14-28(4)50(65)53-42(46(38)63)41(40)55-52/h12-14,16,22,26-27,29-31,33-34,43-44,47,55,60-62H,15,17-21,23-25H2,1-11H3,(H,53,65)/b13-12+,22-16+,28-14-/t27-,29+,30+,31+,33?,34-,43-,44+,47+,51-/m0/s1. The number of phenolic OH excluding ortho intramolecular Hbond substituents is 1. The van der Waals surface area contributed by atoms with Crippen LogP contribution in [0, 0.1) is 36.5 Å². The third-order valence-electron chi connectivity index (χ3n) is 14.9. The molecular weight excluding hydrogens is 903 g/mol. The number of carbonyl (C=O) groups is 5. The van der Waals surface area contributed by atoms with Gasteiger partial charge in [-0.1, -0.05) is 59.8 Å². The molecule has 1 aromatic rings. The van der Waals surface area contributed by atoms with E-state index in [2.05, 4.69) is 29.4 Å². The zero-order chi connectivity index (χ0) is 51.1. The number of amides is 1. The van der Waals surface area contributed by atoms with Crippen molar-refractivity contribution in [1.29, 1.82) is 0 Å². The lowest BCUT2D eigenvalue weighted by atomic mass is 9.78. The van der Waals surface area contributed by atoms with Crippen molar-refractivity contribution < 1.29 is 63.0 Å². The molecule has 1 aliphatic carbocycles. The van der Waals surface area contributed by atoms with Crippen LogP contribution in [0.15, 0.2) is 52.5 Å². The number of esters is 2. The van der Waals surface area contributed by atoms with Crippen molar-refractivity contribution in [3.05, 3.63) is 69.8 Å². The molecule has 0 radical (unpaired) electrons. The van der Waals surface area contributed by atoms with Crippen molar-refractivity contribution in [2.45, 2.75) is 130 Å². The van der Waals surface area contributed by atoms with E-state index in [1.807, 2.05) is 11.9 Å². The van der Waals surface area contributed by atoms with E-state index in [0.717, 1.165) is 13.1 Å². The Balaban J connectivity index is 1.28. The average molecular weight is 974 g/mol. The summed E-state index contributed by atoms with van der Waals surface area (Å²) in [6.45, 7) is 19.2. The van der Waals surface area contributed by atoms with Crippen LogP contribution in [0.5, 0.6) is 11.5 Å². The summed E-state index contributed by atoms with van der Waals surface area (Å²) in [5.41, 5.74) is -0.427. The fourth-order valence-corrected chi connectivity index (χ4v) is 10.6. The molecule has 1 unspecified atom stereocenters. The summed E-state index contributed by atoms with van der Waals surface area (Å²) in [7, 11) is 3.34. The summed E-state index contributed by atoms with van der Waals surface area (Å²) < 4.78 is 29.9. The maximum Gasteiger partial charge on any atom is 0.317 e. The number of nitrogens with zero attached hydrogens (tertiary/aromatic N) is 3. The quantitative estimate of drug-likeness (QED) is 0.190. The summed E-state index contributed by atoms with van der Waals surface area (Å²) >= 11 is 0. The average Bonchev–Trinajstić information content (AvgIpc) is 3.98. The van der Waals surface area contributed by atoms with Crippen LogP contribution in [0.25, 0.3) is 0 Å². The van der Waals surface area contributed by atoms with Gasteiger partial charge in [0.05, 0.1) is 47.1 Å². The fraction of sp³-hybridized carbons (Fsp3) is 0.615. The van der Waals surface area contributed by atoms with E-state index in [-0.39, 0.29) is 56.8 Å². The van der Waals surface area contributed by atoms with Crippen LogP contribution >= 0.6 is 0 Å². The Kier molecular flexibility index (Phi) is 15.5. The topological polar surface area (TPSA) is 235 Å². The monoisotopic (exact) mass is 974 g/mol. The van der Waals surface area contributed by atoms with Crippen LogP contribution in [-0.4, -0.2) is 149 Å². The number of hydrogen-bond acceptors (Lipinski definition) is 17. The van der Waals surface area contributed by atoms with Gasteiger partial charge in [-0.3, -0.25) is 29.0 Å². The third kappa shape index (κ3) is 10.3. The molecule has 10 atom stereocenters. The normalized spacial score (nSPS) is 33.4. The molecule has 2 saturated heterocycles. The molecule has 1 aromatic carbocycles. The van der Waals surface area contributed by atoms with E-state index in [4.69, 9.17) is 28.7 Å². The van der Waals surface area contributed by atoms with Crippen molar-refractivity contribution in [2.24, 2.45) is 34.6 Å². The minimum Gasteiger partial charge on any atom is -0.507 e. The Hall–Kier alpha value is -5.40. The van der Waals surface area contributed by atoms with E-state index in [9.17, 15) is 39.3 Å². The number of nitrogens with one attached hydrogen (secondary N) is 2. The van der Waals surface area contributed by atoms with Crippen molar-refractivity contribution in [2.75, 3.05) is 46.9 Å². The molecule has 8 rings (SSSR count). The number of ketones is 2. The first-order chi connectivity index (χ1) is 33.0. The van der Waals surface area contributed by atoms with Gasteiger partial charge in [0.25, 0.3) is 11.7 Å². The molecule has 0 saturated carbocycles. The van der Waals surface area contributed by atoms with E-state index >= 15 is 0 Å². The highest BCUT2D eigenvalue weighted by Crippen LogP contribution is 2.50. The summed E-state index contributed by atoms with van der Waals surface area (Å²) in [6.07, 6.45) is 3.91. The molecule has 6 heterocycles. The minimum atomic E-state index is -2.03. The number of aliphatic hydroxyl groups excluding tert-OH is 2. The lowest BCUT2D eigenvalue weighted by Crippen LogP contribution is -2.50. The summed E-state index contributed by atoms with van der Waals surface area (Å²) in [5, 5.41) is 41.7. The largest absolute Gasteiger partial charge is 0.507 e. The molecule has 382 valence electrons. The first-order valence-corrected chi connectivity index (χ1v) is 24.5. The number of fused-ring (bicyclic) bond motifs is 13. The van der Waals surface area contributed by atoms with E-state index < -0.39 is 101 Å². The third-order valence-corrected chi connectivity index (χ3v) is 14.9. The van der Waals surface area contributed by atoms with Crippen LogP contribution in [0.4, 0.5) is 0 Å². The zero-order valence-electron chi connectivity index (χ0n) is 42.3. The highest BCUT2D eigenvalue weighted by atomic mass is 16.7. The van der Waals surface area contributed by atoms with Crippen LogP contribution in [0.1, 0.15) is 113 Å². The highest BCUT2D eigenvalue weighted by Gasteiger charge is 2.54. The van der Waals surface area contributed by atoms with Gasteiger partial charge in [-0.15, -0.1) is 0 Å². The fourth-order valence-electron chi connectivity index (χ4n) is 10.6. The van der Waals surface area contributed by atoms with E-state index in [1.54, 1.807) is 46.8 Å². The summed E-state index contributed by atoms with van der Waals surface area (Å²) in [6, 6.07) is 0. The number of methoxy groups -OCH3 is 1. The van der Waals surface area contributed by atoms with Crippen molar-refractivity contribution in [3.63, 3.8) is 0 Å². The molecule has 1 spiro atoms. The smallest absolute Gasteiger partial charge is 0.317 e. The Morgan fingerprint density at radius 1 is 0.929 bits per heavy atom. The van der Waals surface area contributed by atoms with Gasteiger partial charge < -0.3 is 59.4 Å². The summed E-state index contributed by atoms with van der Waals surface area (Å²) in [5.74, 6) is -8.56. The number of carbonyl (C=O) groups excluding carboxylic acids is 5. The number of rotatable bonds is 7. The predicted octanol–water partition coefficient (Wildman–Crippen LogP) is 4.23. The number of benzene rings is 1. The van der Waals surface area contributed by atoms with Crippen LogP contribution in [-0.2, 0) is 33.3 Å². The first-order valence-electron chi connectivity index (χ1n) is 24.5. The number of ether oxygens (including phenoxy) is 5. The van der Waals surface area contributed by atoms with Crippen LogP contribution < -0.4 is 15.4 Å². The molecule has 18 nitrogen and oxygen atoms in total. The summed E-state index contributed by atoms with van der Waals surface area (Å²) in [4.78, 5) is 79.8. The lowest BCUT2D eigenvalue weighted by molar-refractivity contribution is -0.169. The molecule has 1 amide bonds. The van der Waals surface area contributed by atoms with Gasteiger partial charge in [0.1, 0.15) is 41.5 Å². The SMILES string of the molecule is CO[C@H]1/C=C/O[C@@]2(C)Oc3c(C)c(O)c4c(c3C2=O)C2=NC3(CCN(CC(C)C)CC3)NC2=C(NC(=O)/C(C)=C\C=C\[C@H](C)[C@H](O)[C@@H](C)[C@@H](O)[C@@H](C)[C@H](OC(=O)CC(=O)OC2CCN(C)C2)[C@@H]1C)C4=O. The Morgan fingerprint density at radius 3 is 2.26 bits per heavy atom. The predicted molar refractivity (Wildman–Crippen MR) is 258 cm³/mol. The minimum absolute atomic E-state index is 0.00117. The number of aromatic hydroxyl groups is 1. The van der Waals surface area contributed by atoms with Gasteiger partial charge in [0.15, 0.2) is 0 Å². The number of hydrogen-bond donors (Lipinski definition) is 5. The van der Waals surface area contributed by atoms with Gasteiger partial charge in [-0.25, -0.2) is 0 Å². The number of aliphatic imine (C=N–C) groups is 1. The van der Waals surface area contributed by atoms with Crippen molar-refractivity contribution in [1.82, 2.24) is 20.4 Å². The van der Waals surface area contributed by atoms with Crippen LogP contribution in [0.2, 0.25) is 0 Å². The molecule has 5 N–H and O–H groups in total. The number of likely N-dealkylation sites (tertiary alicyclic amines) is 2. The van der Waals surface area contributed by atoms with Gasteiger partial charge in [-0.05, 0) is 39.3 Å². The number of aliphatic hydroxyl groups is 2. The Bertz CT molecular complexity index is 2420. The molecule has 5 bridgehead atoms. The number of piperidine rings is 1. The number of phenols is 1. The molecule has 2 fully saturated rings. The number of allylic oxidation sites excluding steroid dienone is 4. The Labute approximate surface area is 410 Å². The highest BCUT2D eigenvalue weighted by molar-refractivity contribution is 6.34. The molecule has 6 aliphatic heterocycles. The Morgan fingerprint density at radius 2 is 1.61 bits per heavy atom. The first kappa shape index (κ1) is 52.4. The second-order valence-corrected chi connectivity index (χ2v) is 20.7. The molecule has 18 heteroatoms.